The van der Waals surface area contributed by atoms with Gasteiger partial charge in [0.15, 0.2) is 18.0 Å². The maximum absolute atomic E-state index is 14.1. The number of imidazole rings is 1. The van der Waals surface area contributed by atoms with Crippen LogP contribution in [0.2, 0.25) is 5.02 Å². The summed E-state index contributed by atoms with van der Waals surface area (Å²) in [6.07, 6.45) is -1.27. The Hall–Kier alpha value is -2.79. The monoisotopic (exact) mass is 448 g/mol. The number of nitrogens with one attached hydrogen (secondary N) is 2. The summed E-state index contributed by atoms with van der Waals surface area (Å²) in [5, 5.41) is 13.1. The van der Waals surface area contributed by atoms with E-state index in [1.54, 1.807) is 6.07 Å². The van der Waals surface area contributed by atoms with E-state index in [4.69, 9.17) is 25.8 Å². The third-order valence-corrected chi connectivity index (χ3v) is 5.65. The number of hydrogen-bond acceptors (Lipinski definition) is 8. The lowest BCUT2D eigenvalue weighted by Crippen LogP contribution is -2.34. The fraction of sp³-hybridized carbons (Fsp3) is 0.350. The molecule has 2 aliphatic heterocycles. The highest BCUT2D eigenvalue weighted by atomic mass is 35.5. The van der Waals surface area contributed by atoms with Crippen molar-refractivity contribution < 1.29 is 28.5 Å². The lowest BCUT2D eigenvalue weighted by molar-refractivity contribution is 0.00706. The Morgan fingerprint density at radius 3 is 3.00 bits per heavy atom. The molecule has 0 aliphatic carbocycles. The van der Waals surface area contributed by atoms with Crippen molar-refractivity contribution in [2.24, 2.45) is 0 Å². The molecule has 2 aliphatic rings. The van der Waals surface area contributed by atoms with Gasteiger partial charge in [0.1, 0.15) is 29.9 Å². The predicted molar refractivity (Wildman–Crippen MR) is 108 cm³/mol. The summed E-state index contributed by atoms with van der Waals surface area (Å²) in [6.45, 7) is 0.496. The molecule has 0 amide bonds. The van der Waals surface area contributed by atoms with Crippen molar-refractivity contribution >= 4 is 34.9 Å². The van der Waals surface area contributed by atoms with Gasteiger partial charge in [0.05, 0.1) is 23.8 Å². The van der Waals surface area contributed by atoms with E-state index < -0.39 is 24.1 Å². The van der Waals surface area contributed by atoms with Crippen molar-refractivity contribution in [2.45, 2.75) is 31.0 Å². The average molecular weight is 449 g/mol. The first-order chi connectivity index (χ1) is 15.0. The number of aromatic amines is 1. The minimum absolute atomic E-state index is 0.0227. The third-order valence-electron chi connectivity index (χ3n) is 5.36. The van der Waals surface area contributed by atoms with Crippen LogP contribution in [-0.2, 0) is 16.0 Å². The van der Waals surface area contributed by atoms with E-state index in [2.05, 4.69) is 20.3 Å². The summed E-state index contributed by atoms with van der Waals surface area (Å²) in [5.41, 5.74) is 1.36. The zero-order chi connectivity index (χ0) is 21.5. The zero-order valence-corrected chi connectivity index (χ0v) is 16.8. The normalized spacial score (nSPS) is 25.0. The third kappa shape index (κ3) is 3.72. The Bertz CT molecular complexity index is 1140. The largest absolute Gasteiger partial charge is 0.456 e. The quantitative estimate of drug-likeness (QED) is 0.490. The Morgan fingerprint density at radius 2 is 2.16 bits per heavy atom. The molecule has 0 spiro atoms. The number of aromatic nitrogens is 3. The van der Waals surface area contributed by atoms with Crippen molar-refractivity contribution in [1.29, 1.82) is 0 Å². The highest BCUT2D eigenvalue weighted by Crippen LogP contribution is 2.31. The fourth-order valence-corrected chi connectivity index (χ4v) is 4.03. The van der Waals surface area contributed by atoms with Crippen LogP contribution < -0.4 is 10.1 Å². The summed E-state index contributed by atoms with van der Waals surface area (Å²) in [5.74, 6) is -0.208. The smallest absolute Gasteiger partial charge is 0.296 e. The SMILES string of the molecule is O=Cc1cccc(F)c1CNc1nc2nc(O[C@@H]3CO[C@H]4[C@@H]3OC[C@H]4O)[nH]c2cc1Cl. The lowest BCUT2D eigenvalue weighted by Gasteiger charge is -2.15. The molecule has 2 aromatic heterocycles. The molecule has 0 saturated carbocycles. The molecule has 3 N–H and O–H groups in total. The maximum Gasteiger partial charge on any atom is 0.296 e. The van der Waals surface area contributed by atoms with Gasteiger partial charge in [0, 0.05) is 17.7 Å². The molecule has 11 heteroatoms. The van der Waals surface area contributed by atoms with Crippen LogP contribution in [0.15, 0.2) is 24.3 Å². The Kier molecular flexibility index (Phi) is 5.22. The minimum atomic E-state index is -0.669. The number of halogens is 2. The molecule has 1 aromatic carbocycles. The number of carbonyl (C=O) groups is 1. The number of hydrogen-bond donors (Lipinski definition) is 3. The second kappa shape index (κ2) is 8.04. The Labute approximate surface area is 180 Å². The van der Waals surface area contributed by atoms with Gasteiger partial charge in [-0.25, -0.2) is 9.37 Å². The van der Waals surface area contributed by atoms with E-state index in [0.29, 0.717) is 28.3 Å². The number of aldehydes is 1. The van der Waals surface area contributed by atoms with Crippen LogP contribution in [-0.4, -0.2) is 64.0 Å². The molecule has 162 valence electrons. The highest BCUT2D eigenvalue weighted by Gasteiger charge is 2.48. The number of carbonyl (C=O) groups excluding carboxylic acids is 1. The summed E-state index contributed by atoms with van der Waals surface area (Å²) < 4.78 is 31.0. The number of aliphatic hydroxyl groups is 1. The van der Waals surface area contributed by atoms with Crippen molar-refractivity contribution in [3.05, 3.63) is 46.2 Å². The first-order valence-electron chi connectivity index (χ1n) is 9.64. The number of nitrogens with zero attached hydrogens (tertiary/aromatic N) is 2. The number of aliphatic hydroxyl groups excluding tert-OH is 1. The van der Waals surface area contributed by atoms with Gasteiger partial charge in [-0.05, 0) is 12.1 Å². The molecule has 2 fully saturated rings. The van der Waals surface area contributed by atoms with Gasteiger partial charge >= 0.3 is 0 Å². The molecular weight excluding hydrogens is 431 g/mol. The fourth-order valence-electron chi connectivity index (χ4n) is 3.81. The predicted octanol–water partition coefficient (Wildman–Crippen LogP) is 2.08. The van der Waals surface area contributed by atoms with Crippen LogP contribution in [0.1, 0.15) is 15.9 Å². The molecule has 31 heavy (non-hydrogen) atoms. The van der Waals surface area contributed by atoms with Gasteiger partial charge in [0.25, 0.3) is 6.01 Å². The van der Waals surface area contributed by atoms with Crippen LogP contribution in [0, 0.1) is 5.82 Å². The number of benzene rings is 1. The summed E-state index contributed by atoms with van der Waals surface area (Å²) in [6, 6.07) is 6.13. The maximum atomic E-state index is 14.1. The summed E-state index contributed by atoms with van der Waals surface area (Å²) in [7, 11) is 0. The number of H-pyrrole nitrogens is 1. The van der Waals surface area contributed by atoms with Crippen LogP contribution in [0.25, 0.3) is 11.2 Å². The molecule has 9 nitrogen and oxygen atoms in total. The lowest BCUT2D eigenvalue weighted by atomic mass is 10.1. The van der Waals surface area contributed by atoms with Crippen LogP contribution >= 0.6 is 11.6 Å². The van der Waals surface area contributed by atoms with Gasteiger partial charge in [-0.1, -0.05) is 23.7 Å². The van der Waals surface area contributed by atoms with Gasteiger partial charge in [-0.3, -0.25) is 4.79 Å². The molecule has 0 unspecified atom stereocenters. The topological polar surface area (TPSA) is 119 Å². The van der Waals surface area contributed by atoms with E-state index in [-0.39, 0.29) is 43.0 Å². The first kappa shape index (κ1) is 20.1. The van der Waals surface area contributed by atoms with E-state index in [9.17, 15) is 14.3 Å². The summed E-state index contributed by atoms with van der Waals surface area (Å²) >= 11 is 6.31. The number of anilines is 1. The minimum Gasteiger partial charge on any atom is -0.456 e. The molecular formula is C20H18ClFN4O5. The number of ether oxygens (including phenoxy) is 3. The van der Waals surface area contributed by atoms with Crippen molar-refractivity contribution in [3.63, 3.8) is 0 Å². The van der Waals surface area contributed by atoms with E-state index in [1.165, 1.54) is 18.2 Å². The second-order valence-electron chi connectivity index (χ2n) is 7.33. The number of pyridine rings is 1. The highest BCUT2D eigenvalue weighted by molar-refractivity contribution is 6.33. The zero-order valence-electron chi connectivity index (χ0n) is 16.0. The molecule has 3 aromatic rings. The van der Waals surface area contributed by atoms with Crippen molar-refractivity contribution in [3.8, 4) is 6.01 Å². The van der Waals surface area contributed by atoms with Gasteiger partial charge < -0.3 is 29.6 Å². The van der Waals surface area contributed by atoms with E-state index in [1.807, 2.05) is 0 Å². The summed E-state index contributed by atoms with van der Waals surface area (Å²) in [4.78, 5) is 22.9. The van der Waals surface area contributed by atoms with Crippen LogP contribution in [0.4, 0.5) is 10.2 Å². The molecule has 4 heterocycles. The van der Waals surface area contributed by atoms with Gasteiger partial charge in [0.2, 0.25) is 0 Å². The van der Waals surface area contributed by atoms with Crippen molar-refractivity contribution in [2.75, 3.05) is 18.5 Å². The standard InChI is InChI=1S/C20H18ClFN4O5/c21-11-4-13-19(25-18(11)23-5-10-9(6-27)2-1-3-12(10)22)26-20(24-13)31-15-8-30-16-14(28)7-29-17(15)16/h1-4,6,14-17,28H,5,7-8H2,(H2,23,24,25,26)/t14-,15-,16-,17-/m1/s1. The van der Waals surface area contributed by atoms with E-state index >= 15 is 0 Å². The Morgan fingerprint density at radius 1 is 1.32 bits per heavy atom. The average Bonchev–Trinajstić information content (AvgIpc) is 3.44. The molecule has 0 bridgehead atoms. The molecule has 4 atom stereocenters. The number of fused-ring (bicyclic) bond motifs is 2. The first-order valence-corrected chi connectivity index (χ1v) is 10.0. The van der Waals surface area contributed by atoms with Crippen LogP contribution in [0.5, 0.6) is 6.01 Å². The van der Waals surface area contributed by atoms with Crippen molar-refractivity contribution in [1.82, 2.24) is 15.0 Å². The van der Waals surface area contributed by atoms with Gasteiger partial charge in [-0.15, -0.1) is 0 Å². The second-order valence-corrected chi connectivity index (χ2v) is 7.74. The van der Waals surface area contributed by atoms with Gasteiger partial charge in [-0.2, -0.15) is 4.98 Å². The molecule has 0 radical (unpaired) electrons. The van der Waals surface area contributed by atoms with Crippen LogP contribution in [0.3, 0.4) is 0 Å². The molecule has 5 rings (SSSR count). The molecule has 2 saturated heterocycles. The Balaban J connectivity index is 1.34. The van der Waals surface area contributed by atoms with E-state index in [0.717, 1.165) is 0 Å². The number of rotatable bonds is 6.